The van der Waals surface area contributed by atoms with Crippen LogP contribution in [0.15, 0.2) is 0 Å². The minimum absolute atomic E-state index is 1.19. The summed E-state index contributed by atoms with van der Waals surface area (Å²) < 4.78 is 38.6. The first-order valence-electron chi connectivity index (χ1n) is 5.01. The molecule has 0 atom stereocenters. The fraction of sp³-hybridized carbons (Fsp3) is 1.00. The average molecular weight is 290 g/mol. The van der Waals surface area contributed by atoms with E-state index >= 15 is 0 Å². The van der Waals surface area contributed by atoms with Crippen molar-refractivity contribution in [1.82, 2.24) is 14.0 Å². The quantitative estimate of drug-likeness (QED) is 0.585. The lowest BCUT2D eigenvalue weighted by Crippen LogP contribution is -2.37. The monoisotopic (exact) mass is 290 g/mol. The summed E-state index contributed by atoms with van der Waals surface area (Å²) in [6.45, 7) is 2.26. The minimum atomic E-state index is -4.67. The predicted molar refractivity (Wildman–Crippen MR) is 72.7 cm³/mol. The normalized spacial score (nSPS) is 12.9. The summed E-state index contributed by atoms with van der Waals surface area (Å²) in [5, 5.41) is 0. The number of rotatable bonds is 4. The van der Waals surface area contributed by atoms with Crippen LogP contribution in [0.3, 0.4) is 0 Å². The van der Waals surface area contributed by atoms with Gasteiger partial charge in [-0.05, 0) is 6.92 Å². The van der Waals surface area contributed by atoms with Crippen molar-refractivity contribution in [2.45, 2.75) is 6.92 Å². The van der Waals surface area contributed by atoms with Crippen LogP contribution in [-0.4, -0.2) is 80.0 Å². The van der Waals surface area contributed by atoms with E-state index in [4.69, 9.17) is 17.5 Å². The largest absolute Gasteiger partial charge is 0.394 e. The molecule has 0 fully saturated rings. The highest BCUT2D eigenvalue weighted by molar-refractivity contribution is 7.79. The summed E-state index contributed by atoms with van der Waals surface area (Å²) in [4.78, 5) is 0. The average Bonchev–Trinajstić information content (AvgIpc) is 1.99. The summed E-state index contributed by atoms with van der Waals surface area (Å²) in [7, 11) is 7.12. The SMILES string of the molecule is CC[P+](N(C)C)(N(C)C)N(C)C.O=S(=O)(O)O. The second kappa shape index (κ2) is 7.58. The summed E-state index contributed by atoms with van der Waals surface area (Å²) >= 11 is 0. The van der Waals surface area contributed by atoms with Gasteiger partial charge in [0.05, 0.1) is 0 Å². The van der Waals surface area contributed by atoms with Crippen molar-refractivity contribution < 1.29 is 17.5 Å². The molecule has 0 unspecified atom stereocenters. The van der Waals surface area contributed by atoms with E-state index in [-0.39, 0.29) is 0 Å². The zero-order valence-corrected chi connectivity index (χ0v) is 13.3. The molecule has 0 saturated carbocycles. The van der Waals surface area contributed by atoms with Gasteiger partial charge < -0.3 is 0 Å². The van der Waals surface area contributed by atoms with Crippen molar-refractivity contribution in [3.05, 3.63) is 0 Å². The third-order valence-electron chi connectivity index (χ3n) is 2.35. The van der Waals surface area contributed by atoms with Crippen LogP contribution in [-0.2, 0) is 10.4 Å². The van der Waals surface area contributed by atoms with Gasteiger partial charge in [0, 0.05) is 42.3 Å². The molecule has 0 aliphatic rings. The molecule has 0 heterocycles. The molecule has 0 rings (SSSR count). The fourth-order valence-corrected chi connectivity index (χ4v) is 5.77. The summed E-state index contributed by atoms with van der Waals surface area (Å²) in [5.74, 6) is 0. The first-order chi connectivity index (χ1) is 7.39. The maximum Gasteiger partial charge on any atom is 0.394 e. The van der Waals surface area contributed by atoms with Gasteiger partial charge in [0.25, 0.3) is 0 Å². The molecule has 0 saturated heterocycles. The molecule has 0 bridgehead atoms. The fourth-order valence-electron chi connectivity index (χ4n) is 1.92. The Kier molecular flexibility index (Phi) is 8.70. The lowest BCUT2D eigenvalue weighted by atomic mass is 11.0. The molecule has 0 aliphatic heterocycles. The van der Waals surface area contributed by atoms with Gasteiger partial charge in [-0.2, -0.15) is 22.4 Å². The van der Waals surface area contributed by atoms with E-state index in [0.29, 0.717) is 0 Å². The van der Waals surface area contributed by atoms with Crippen LogP contribution in [0.5, 0.6) is 0 Å². The first-order valence-corrected chi connectivity index (χ1v) is 8.23. The Balaban J connectivity index is 0. The van der Waals surface area contributed by atoms with E-state index in [0.717, 1.165) is 0 Å². The molecule has 0 amide bonds. The topological polar surface area (TPSA) is 84.3 Å². The molecular weight excluding hydrogens is 265 g/mol. The van der Waals surface area contributed by atoms with E-state index in [9.17, 15) is 0 Å². The smallest absolute Gasteiger partial charge is 0.264 e. The summed E-state index contributed by atoms with van der Waals surface area (Å²) in [5.41, 5.74) is 0. The van der Waals surface area contributed by atoms with Gasteiger partial charge in [0.15, 0.2) is 0 Å². The van der Waals surface area contributed by atoms with E-state index in [1.165, 1.54) is 6.16 Å². The molecule has 7 nitrogen and oxygen atoms in total. The molecule has 0 aliphatic carbocycles. The van der Waals surface area contributed by atoms with E-state index in [1.807, 2.05) is 0 Å². The van der Waals surface area contributed by atoms with Crippen molar-refractivity contribution in [2.75, 3.05) is 48.4 Å². The molecule has 106 valence electrons. The Bertz CT molecular complexity index is 276. The second-order valence-corrected chi connectivity index (χ2v) is 9.31. The van der Waals surface area contributed by atoms with Gasteiger partial charge in [-0.1, -0.05) is 0 Å². The Labute approximate surface area is 105 Å². The molecular formula is C8H25N3O4PS+. The van der Waals surface area contributed by atoms with Gasteiger partial charge in [-0.15, -0.1) is 0 Å². The highest BCUT2D eigenvalue weighted by Crippen LogP contribution is 2.62. The Morgan fingerprint density at radius 3 is 1.06 bits per heavy atom. The van der Waals surface area contributed by atoms with Crippen LogP contribution in [0.4, 0.5) is 0 Å². The molecule has 0 radical (unpaired) electrons. The van der Waals surface area contributed by atoms with Crippen molar-refractivity contribution in [1.29, 1.82) is 0 Å². The Morgan fingerprint density at radius 2 is 1.06 bits per heavy atom. The second-order valence-electron chi connectivity index (χ2n) is 4.00. The van der Waals surface area contributed by atoms with Crippen LogP contribution in [0.25, 0.3) is 0 Å². The standard InChI is InChI=1S/C8H23N3P.H2O4S/c1-8-12(9(2)3,10(4)5)11(6)7;1-5(2,3)4/h8H2,1-7H3;(H2,1,2,3,4)/q+1;. The molecule has 17 heavy (non-hydrogen) atoms. The van der Waals surface area contributed by atoms with E-state index in [1.54, 1.807) is 0 Å². The van der Waals surface area contributed by atoms with Crippen LogP contribution in [0.1, 0.15) is 6.92 Å². The first kappa shape index (κ1) is 19.5. The van der Waals surface area contributed by atoms with Gasteiger partial charge in [0.1, 0.15) is 6.16 Å². The minimum Gasteiger partial charge on any atom is -0.264 e. The van der Waals surface area contributed by atoms with Crippen LogP contribution in [0, 0.1) is 0 Å². The number of nitrogens with zero attached hydrogens (tertiary/aromatic N) is 3. The third kappa shape index (κ3) is 7.25. The Hall–Kier alpha value is 0.180. The van der Waals surface area contributed by atoms with E-state index < -0.39 is 18.1 Å². The summed E-state index contributed by atoms with van der Waals surface area (Å²) in [6.07, 6.45) is 1.19. The number of hydrogen-bond acceptors (Lipinski definition) is 5. The van der Waals surface area contributed by atoms with Crippen LogP contribution in [0.2, 0.25) is 0 Å². The maximum absolute atomic E-state index is 8.74. The van der Waals surface area contributed by atoms with Crippen molar-refractivity contribution in [2.24, 2.45) is 0 Å². The van der Waals surface area contributed by atoms with Gasteiger partial charge in [-0.25, -0.2) is 0 Å². The molecule has 0 aromatic rings. The molecule has 9 heteroatoms. The molecule has 0 spiro atoms. The Morgan fingerprint density at radius 1 is 0.882 bits per heavy atom. The van der Waals surface area contributed by atoms with Crippen molar-refractivity contribution in [3.63, 3.8) is 0 Å². The molecule has 0 aromatic heterocycles. The zero-order chi connectivity index (χ0) is 14.4. The van der Waals surface area contributed by atoms with Crippen LogP contribution >= 0.6 is 7.71 Å². The lowest BCUT2D eigenvalue weighted by Gasteiger charge is -2.39. The highest BCUT2D eigenvalue weighted by atomic mass is 32.3. The van der Waals surface area contributed by atoms with Crippen molar-refractivity contribution >= 4 is 18.1 Å². The van der Waals surface area contributed by atoms with Gasteiger partial charge in [-0.3, -0.25) is 9.11 Å². The maximum atomic E-state index is 8.74. The number of hydrogen-bond donors (Lipinski definition) is 2. The van der Waals surface area contributed by atoms with Gasteiger partial charge in [0.2, 0.25) is 7.71 Å². The van der Waals surface area contributed by atoms with Crippen molar-refractivity contribution in [3.8, 4) is 0 Å². The van der Waals surface area contributed by atoms with Crippen LogP contribution < -0.4 is 0 Å². The van der Waals surface area contributed by atoms with E-state index in [2.05, 4.69) is 63.2 Å². The van der Waals surface area contributed by atoms with Gasteiger partial charge >= 0.3 is 10.4 Å². The lowest BCUT2D eigenvalue weighted by molar-refractivity contribution is 0.381. The third-order valence-corrected chi connectivity index (χ3v) is 7.04. The molecule has 2 N–H and O–H groups in total. The highest BCUT2D eigenvalue weighted by Gasteiger charge is 2.45. The zero-order valence-electron chi connectivity index (χ0n) is 11.6. The molecule has 0 aromatic carbocycles. The predicted octanol–water partition coefficient (Wildman–Crippen LogP) is 0.801. The summed E-state index contributed by atoms with van der Waals surface area (Å²) in [6, 6.07) is 0.